The average Bonchev–Trinajstić information content (AvgIpc) is 2.75. The summed E-state index contributed by atoms with van der Waals surface area (Å²) in [5.41, 5.74) is 1.96. The Hall–Kier alpha value is -2.83. The number of hydrogen-bond acceptors (Lipinski definition) is 6. The molecule has 0 unspecified atom stereocenters. The first-order valence-corrected chi connectivity index (χ1v) is 10.6. The van der Waals surface area contributed by atoms with E-state index in [1.807, 2.05) is 31.2 Å². The fraction of sp³-hybridized carbons (Fsp3) is 0.500. The number of ether oxygens (including phenoxy) is 1. The van der Waals surface area contributed by atoms with E-state index in [1.165, 1.54) is 0 Å². The van der Waals surface area contributed by atoms with Gasteiger partial charge in [-0.25, -0.2) is 9.78 Å². The zero-order valence-corrected chi connectivity index (χ0v) is 17.4. The molecule has 0 bridgehead atoms. The first kappa shape index (κ1) is 20.9. The second-order valence-corrected chi connectivity index (χ2v) is 7.21. The van der Waals surface area contributed by atoms with E-state index in [4.69, 9.17) is 9.72 Å². The van der Waals surface area contributed by atoms with Crippen LogP contribution >= 0.6 is 0 Å². The number of benzene rings is 1. The van der Waals surface area contributed by atoms with E-state index in [0.717, 1.165) is 49.3 Å². The molecule has 0 atom stereocenters. The molecule has 2 aromatic rings. The molecule has 7 nitrogen and oxygen atoms in total. The highest BCUT2D eigenvalue weighted by molar-refractivity contribution is 5.68. The number of amides is 1. The standard InChI is InChI=1S/C22H31N5O2/c1-3-5-13-23-21-25-19(17-9-7-6-8-10-17)16-20(26-21)24-18-11-14-27(15-12-18)22(28)29-4-2/h6-10,16,18H,3-5,11-15H2,1-2H3,(H2,23,24,25,26). The number of carbonyl (C=O) groups is 1. The molecule has 1 aromatic heterocycles. The molecule has 7 heteroatoms. The van der Waals surface area contributed by atoms with Crippen LogP contribution in [0.4, 0.5) is 16.6 Å². The van der Waals surface area contributed by atoms with Gasteiger partial charge in [0, 0.05) is 37.3 Å². The Kier molecular flexibility index (Phi) is 7.67. The van der Waals surface area contributed by atoms with E-state index >= 15 is 0 Å². The first-order chi connectivity index (χ1) is 14.2. The van der Waals surface area contributed by atoms with E-state index in [-0.39, 0.29) is 12.1 Å². The number of hydrogen-bond donors (Lipinski definition) is 2. The zero-order chi connectivity index (χ0) is 20.5. The van der Waals surface area contributed by atoms with Crippen LogP contribution in [0.2, 0.25) is 0 Å². The molecule has 2 N–H and O–H groups in total. The van der Waals surface area contributed by atoms with Gasteiger partial charge in [-0.2, -0.15) is 4.98 Å². The average molecular weight is 398 g/mol. The van der Waals surface area contributed by atoms with Gasteiger partial charge in [0.05, 0.1) is 12.3 Å². The van der Waals surface area contributed by atoms with Gasteiger partial charge in [-0.05, 0) is 26.2 Å². The summed E-state index contributed by atoms with van der Waals surface area (Å²) in [7, 11) is 0. The summed E-state index contributed by atoms with van der Waals surface area (Å²) in [6.45, 7) is 6.64. The van der Waals surface area contributed by atoms with Gasteiger partial charge in [-0.1, -0.05) is 43.7 Å². The van der Waals surface area contributed by atoms with Gasteiger partial charge in [-0.3, -0.25) is 0 Å². The summed E-state index contributed by atoms with van der Waals surface area (Å²) in [5, 5.41) is 6.88. The van der Waals surface area contributed by atoms with Crippen molar-refractivity contribution in [3.63, 3.8) is 0 Å². The first-order valence-electron chi connectivity index (χ1n) is 10.6. The van der Waals surface area contributed by atoms with Crippen molar-refractivity contribution in [1.82, 2.24) is 14.9 Å². The van der Waals surface area contributed by atoms with E-state index in [0.29, 0.717) is 25.6 Å². The van der Waals surface area contributed by atoms with Gasteiger partial charge < -0.3 is 20.3 Å². The lowest BCUT2D eigenvalue weighted by molar-refractivity contribution is 0.0983. The van der Waals surface area contributed by atoms with Crippen LogP contribution < -0.4 is 10.6 Å². The maximum absolute atomic E-state index is 11.9. The number of piperidine rings is 1. The number of aromatic nitrogens is 2. The van der Waals surface area contributed by atoms with E-state index in [1.54, 1.807) is 4.90 Å². The van der Waals surface area contributed by atoms with Gasteiger partial charge in [-0.15, -0.1) is 0 Å². The summed E-state index contributed by atoms with van der Waals surface area (Å²) in [4.78, 5) is 23.0. The van der Waals surface area contributed by atoms with Crippen molar-refractivity contribution < 1.29 is 9.53 Å². The largest absolute Gasteiger partial charge is 0.450 e. The Morgan fingerprint density at radius 2 is 1.93 bits per heavy atom. The normalized spacial score (nSPS) is 14.5. The smallest absolute Gasteiger partial charge is 0.409 e. The lowest BCUT2D eigenvalue weighted by Gasteiger charge is -2.32. The monoisotopic (exact) mass is 397 g/mol. The van der Waals surface area contributed by atoms with Crippen molar-refractivity contribution in [1.29, 1.82) is 0 Å². The van der Waals surface area contributed by atoms with Crippen molar-refractivity contribution in [2.45, 2.75) is 45.6 Å². The Morgan fingerprint density at radius 3 is 2.62 bits per heavy atom. The Labute approximate surface area is 172 Å². The highest BCUT2D eigenvalue weighted by Crippen LogP contribution is 2.23. The molecule has 1 aromatic carbocycles. The van der Waals surface area contributed by atoms with E-state index < -0.39 is 0 Å². The maximum Gasteiger partial charge on any atom is 0.409 e. The number of nitrogens with one attached hydrogen (secondary N) is 2. The second-order valence-electron chi connectivity index (χ2n) is 7.21. The summed E-state index contributed by atoms with van der Waals surface area (Å²) in [5.74, 6) is 1.46. The Morgan fingerprint density at radius 1 is 1.17 bits per heavy atom. The lowest BCUT2D eigenvalue weighted by atomic mass is 10.1. The van der Waals surface area contributed by atoms with Crippen LogP contribution in [-0.2, 0) is 4.74 Å². The minimum absolute atomic E-state index is 0.221. The van der Waals surface area contributed by atoms with E-state index in [2.05, 4.69) is 34.7 Å². The van der Waals surface area contributed by atoms with Crippen LogP contribution in [-0.4, -0.2) is 53.2 Å². The molecule has 156 valence electrons. The number of nitrogens with zero attached hydrogens (tertiary/aromatic N) is 3. The molecule has 0 saturated carbocycles. The molecule has 1 aliphatic heterocycles. The molecule has 0 radical (unpaired) electrons. The maximum atomic E-state index is 11.9. The van der Waals surface area contributed by atoms with Crippen LogP contribution in [0.5, 0.6) is 0 Å². The minimum Gasteiger partial charge on any atom is -0.450 e. The van der Waals surface area contributed by atoms with Gasteiger partial charge in [0.2, 0.25) is 5.95 Å². The van der Waals surface area contributed by atoms with Crippen LogP contribution in [0, 0.1) is 0 Å². The second kappa shape index (κ2) is 10.6. The fourth-order valence-corrected chi connectivity index (χ4v) is 3.36. The third-order valence-corrected chi connectivity index (χ3v) is 4.98. The van der Waals surface area contributed by atoms with Crippen LogP contribution in [0.1, 0.15) is 39.5 Å². The highest BCUT2D eigenvalue weighted by Gasteiger charge is 2.24. The molecular formula is C22H31N5O2. The van der Waals surface area contributed by atoms with Crippen molar-refractivity contribution in [3.8, 4) is 11.3 Å². The van der Waals surface area contributed by atoms with Crippen LogP contribution in [0.3, 0.4) is 0 Å². The Balaban J connectivity index is 1.69. The predicted octanol–water partition coefficient (Wildman–Crippen LogP) is 4.39. The molecule has 29 heavy (non-hydrogen) atoms. The lowest BCUT2D eigenvalue weighted by Crippen LogP contribution is -2.42. The van der Waals surface area contributed by atoms with E-state index in [9.17, 15) is 4.79 Å². The molecule has 1 fully saturated rings. The van der Waals surface area contributed by atoms with Crippen LogP contribution in [0.25, 0.3) is 11.3 Å². The number of likely N-dealkylation sites (tertiary alicyclic amines) is 1. The summed E-state index contributed by atoms with van der Waals surface area (Å²) >= 11 is 0. The molecule has 0 spiro atoms. The SMILES string of the molecule is CCCCNc1nc(NC2CCN(C(=O)OCC)CC2)cc(-c2ccccc2)n1. The number of rotatable bonds is 8. The van der Waals surface area contributed by atoms with Gasteiger partial charge in [0.1, 0.15) is 5.82 Å². The topological polar surface area (TPSA) is 79.4 Å². The quantitative estimate of drug-likeness (QED) is 0.643. The number of unbranched alkanes of at least 4 members (excludes halogenated alkanes) is 1. The van der Waals surface area contributed by atoms with Crippen molar-refractivity contribution in [2.24, 2.45) is 0 Å². The third-order valence-electron chi connectivity index (χ3n) is 4.98. The predicted molar refractivity (Wildman–Crippen MR) is 116 cm³/mol. The molecule has 2 heterocycles. The Bertz CT molecular complexity index is 776. The molecule has 3 rings (SSSR count). The molecule has 1 amide bonds. The summed E-state index contributed by atoms with van der Waals surface area (Å²) in [6.07, 6.45) is 3.70. The van der Waals surface area contributed by atoms with Gasteiger partial charge in [0.25, 0.3) is 0 Å². The molecular weight excluding hydrogens is 366 g/mol. The summed E-state index contributed by atoms with van der Waals surface area (Å²) in [6, 6.07) is 12.4. The number of carbonyl (C=O) groups excluding carboxylic acids is 1. The number of anilines is 2. The third kappa shape index (κ3) is 6.07. The highest BCUT2D eigenvalue weighted by atomic mass is 16.6. The summed E-state index contributed by atoms with van der Waals surface area (Å²) < 4.78 is 5.10. The fourth-order valence-electron chi connectivity index (χ4n) is 3.36. The minimum atomic E-state index is -0.221. The molecule has 1 aliphatic rings. The van der Waals surface area contributed by atoms with Crippen molar-refractivity contribution >= 4 is 17.9 Å². The van der Waals surface area contributed by atoms with Crippen molar-refractivity contribution in [2.75, 3.05) is 36.9 Å². The zero-order valence-electron chi connectivity index (χ0n) is 17.4. The van der Waals surface area contributed by atoms with Gasteiger partial charge in [0.15, 0.2) is 0 Å². The van der Waals surface area contributed by atoms with Crippen molar-refractivity contribution in [3.05, 3.63) is 36.4 Å². The molecule has 1 saturated heterocycles. The molecule has 0 aliphatic carbocycles. The van der Waals surface area contributed by atoms with Crippen LogP contribution in [0.15, 0.2) is 36.4 Å². The van der Waals surface area contributed by atoms with Gasteiger partial charge >= 0.3 is 6.09 Å².